The number of halogens is 1. The van der Waals surface area contributed by atoms with Crippen molar-refractivity contribution < 1.29 is 0 Å². The number of hydrogen-bond acceptors (Lipinski definition) is 2. The number of para-hydroxylation sites is 2. The lowest BCUT2D eigenvalue weighted by molar-refractivity contribution is 0.997. The molecule has 0 atom stereocenters. The monoisotopic (exact) mass is 722 g/mol. The van der Waals surface area contributed by atoms with Crippen molar-refractivity contribution in [3.8, 4) is 22.3 Å². The Kier molecular flexibility index (Phi) is 10.7. The van der Waals surface area contributed by atoms with Crippen LogP contribution in [0.1, 0.15) is 18.4 Å². The summed E-state index contributed by atoms with van der Waals surface area (Å²) >= 11 is 2.15. The van der Waals surface area contributed by atoms with E-state index < -0.39 is 0 Å². The first-order chi connectivity index (χ1) is 23.2. The van der Waals surface area contributed by atoms with Crippen LogP contribution in [-0.2, 0) is 0 Å². The van der Waals surface area contributed by atoms with Gasteiger partial charge in [-0.25, -0.2) is 0 Å². The number of anilines is 5. The number of nitrogens with zero attached hydrogens (tertiary/aromatic N) is 2. The van der Waals surface area contributed by atoms with Gasteiger partial charge in [0.15, 0.2) is 0 Å². The van der Waals surface area contributed by atoms with Crippen molar-refractivity contribution in [2.24, 2.45) is 0 Å². The molecule has 0 radical (unpaired) electrons. The quantitative estimate of drug-likeness (QED) is 0.114. The lowest BCUT2D eigenvalue weighted by Gasteiger charge is -2.28. The molecule has 0 saturated carbocycles. The first-order valence-corrected chi connectivity index (χ1v) is 18.2. The summed E-state index contributed by atoms with van der Waals surface area (Å²) in [6.07, 6.45) is 8.99. The van der Waals surface area contributed by atoms with Crippen molar-refractivity contribution in [2.45, 2.75) is 19.8 Å². The van der Waals surface area contributed by atoms with Crippen LogP contribution in [0.2, 0.25) is 0 Å². The molecule has 0 unspecified atom stereocenters. The maximum atomic E-state index is 2.34. The molecule has 232 valence electrons. The van der Waals surface area contributed by atoms with E-state index in [0.717, 1.165) is 35.6 Å². The standard InChI is InChI=1S/C43H36N2.CH3I/c1-33-17-19-34(20-18-33)35-21-29-42(30-22-35)45(40-15-9-4-10-16-40)43-31-25-37(26-32-43)36-23-27-41(28-24-36)44(38-11-5-2-6-12-38)39-13-7-3-8-14-39;1-2/h2,4-7,9-32H,3,8H2,1H3;1H3. The smallest absolute Gasteiger partial charge is 0.0462 e. The number of allylic oxidation sites excluding steroid dienone is 3. The van der Waals surface area contributed by atoms with Crippen LogP contribution in [0.3, 0.4) is 0 Å². The van der Waals surface area contributed by atoms with Gasteiger partial charge >= 0.3 is 0 Å². The lowest BCUT2D eigenvalue weighted by atomic mass is 10.0. The van der Waals surface area contributed by atoms with Crippen molar-refractivity contribution in [3.05, 3.63) is 187 Å². The Labute approximate surface area is 293 Å². The SMILES string of the molecule is CI.Cc1ccc(-c2ccc(N(c3ccccc3)c3ccc(-c4ccc(N(C5=CCCC=C5)c5ccccc5)cc4)cc3)cc2)cc1. The second-order valence-electron chi connectivity index (χ2n) is 11.5. The van der Waals surface area contributed by atoms with E-state index in [2.05, 4.69) is 215 Å². The first-order valence-electron chi connectivity index (χ1n) is 16.1. The summed E-state index contributed by atoms with van der Waals surface area (Å²) in [4.78, 5) is 6.62. The molecular formula is C44H39IN2. The molecule has 1 aliphatic carbocycles. The van der Waals surface area contributed by atoms with Gasteiger partial charge in [0.2, 0.25) is 0 Å². The molecule has 47 heavy (non-hydrogen) atoms. The lowest BCUT2D eigenvalue weighted by Crippen LogP contribution is -2.16. The van der Waals surface area contributed by atoms with Gasteiger partial charge in [-0.2, -0.15) is 0 Å². The molecule has 0 aliphatic heterocycles. The van der Waals surface area contributed by atoms with Crippen LogP contribution in [0, 0.1) is 6.92 Å². The summed E-state index contributed by atoms with van der Waals surface area (Å²) < 4.78 is 0. The van der Waals surface area contributed by atoms with Gasteiger partial charge in [0.25, 0.3) is 0 Å². The van der Waals surface area contributed by atoms with E-state index in [1.807, 2.05) is 4.93 Å². The zero-order chi connectivity index (χ0) is 32.4. The summed E-state index contributed by atoms with van der Waals surface area (Å²) in [6.45, 7) is 2.12. The van der Waals surface area contributed by atoms with E-state index in [1.54, 1.807) is 0 Å². The predicted molar refractivity (Wildman–Crippen MR) is 212 cm³/mol. The molecule has 0 bridgehead atoms. The average Bonchev–Trinajstić information content (AvgIpc) is 3.15. The minimum Gasteiger partial charge on any atom is -0.311 e. The van der Waals surface area contributed by atoms with Gasteiger partial charge in [-0.1, -0.05) is 137 Å². The van der Waals surface area contributed by atoms with Crippen LogP contribution in [0.4, 0.5) is 28.4 Å². The van der Waals surface area contributed by atoms with Gasteiger partial charge in [0.05, 0.1) is 0 Å². The van der Waals surface area contributed by atoms with Crippen LogP contribution >= 0.6 is 22.6 Å². The Balaban J connectivity index is 0.00000190. The zero-order valence-electron chi connectivity index (χ0n) is 26.9. The molecular weight excluding hydrogens is 683 g/mol. The maximum Gasteiger partial charge on any atom is 0.0462 e. The van der Waals surface area contributed by atoms with E-state index in [1.165, 1.54) is 39.2 Å². The van der Waals surface area contributed by atoms with Crippen LogP contribution in [0.5, 0.6) is 0 Å². The number of aryl methyl sites for hydroxylation is 1. The first kappa shape index (κ1) is 32.1. The van der Waals surface area contributed by atoms with Crippen molar-refractivity contribution in [1.29, 1.82) is 0 Å². The third kappa shape index (κ3) is 7.58. The van der Waals surface area contributed by atoms with Crippen LogP contribution in [0.15, 0.2) is 182 Å². The van der Waals surface area contributed by atoms with E-state index in [9.17, 15) is 0 Å². The summed E-state index contributed by atoms with van der Waals surface area (Å²) in [5.74, 6) is 0. The van der Waals surface area contributed by atoms with Gasteiger partial charge in [-0.15, -0.1) is 0 Å². The number of alkyl halides is 1. The highest BCUT2D eigenvalue weighted by atomic mass is 127. The van der Waals surface area contributed by atoms with Crippen LogP contribution in [-0.4, -0.2) is 4.93 Å². The van der Waals surface area contributed by atoms with Crippen LogP contribution < -0.4 is 9.80 Å². The van der Waals surface area contributed by atoms with Crippen molar-refractivity contribution >= 4 is 51.0 Å². The van der Waals surface area contributed by atoms with E-state index in [0.29, 0.717) is 0 Å². The fraction of sp³-hybridized carbons (Fsp3) is 0.0909. The Bertz CT molecular complexity index is 1910. The fourth-order valence-electron chi connectivity index (χ4n) is 5.97. The molecule has 0 heterocycles. The zero-order valence-corrected chi connectivity index (χ0v) is 29.1. The second kappa shape index (κ2) is 15.6. The topological polar surface area (TPSA) is 6.48 Å². The highest BCUT2D eigenvalue weighted by molar-refractivity contribution is 14.1. The number of rotatable bonds is 8. The minimum atomic E-state index is 1.07. The molecule has 0 saturated heterocycles. The molecule has 0 fully saturated rings. The second-order valence-corrected chi connectivity index (χ2v) is 11.5. The van der Waals surface area contributed by atoms with Crippen molar-refractivity contribution in [1.82, 2.24) is 0 Å². The van der Waals surface area contributed by atoms with Crippen molar-refractivity contribution in [2.75, 3.05) is 14.7 Å². The molecule has 6 aromatic rings. The van der Waals surface area contributed by atoms with Gasteiger partial charge in [0, 0.05) is 34.1 Å². The molecule has 0 N–H and O–H groups in total. The Morgan fingerprint density at radius 1 is 0.404 bits per heavy atom. The number of hydrogen-bond donors (Lipinski definition) is 0. The third-order valence-electron chi connectivity index (χ3n) is 8.36. The molecule has 1 aliphatic rings. The normalized spacial score (nSPS) is 12.0. The van der Waals surface area contributed by atoms with Crippen LogP contribution in [0.25, 0.3) is 22.3 Å². The van der Waals surface area contributed by atoms with E-state index >= 15 is 0 Å². The Morgan fingerprint density at radius 2 is 0.766 bits per heavy atom. The molecule has 2 nitrogen and oxygen atoms in total. The average molecular weight is 723 g/mol. The molecule has 7 rings (SSSR count). The number of benzene rings is 6. The Morgan fingerprint density at radius 3 is 1.17 bits per heavy atom. The van der Waals surface area contributed by atoms with Gasteiger partial charge in [-0.05, 0) is 114 Å². The largest absolute Gasteiger partial charge is 0.311 e. The summed E-state index contributed by atoms with van der Waals surface area (Å²) in [5.41, 5.74) is 13.0. The minimum absolute atomic E-state index is 1.07. The van der Waals surface area contributed by atoms with Gasteiger partial charge < -0.3 is 9.80 Å². The highest BCUT2D eigenvalue weighted by Gasteiger charge is 2.15. The molecule has 0 aromatic heterocycles. The summed E-state index contributed by atoms with van der Waals surface area (Å²) in [7, 11) is 0. The summed E-state index contributed by atoms with van der Waals surface area (Å²) in [6, 6.07) is 56.5. The van der Waals surface area contributed by atoms with Gasteiger partial charge in [0.1, 0.15) is 0 Å². The van der Waals surface area contributed by atoms with E-state index in [-0.39, 0.29) is 0 Å². The highest BCUT2D eigenvalue weighted by Crippen LogP contribution is 2.38. The molecule has 0 amide bonds. The van der Waals surface area contributed by atoms with Crippen molar-refractivity contribution in [3.63, 3.8) is 0 Å². The molecule has 0 spiro atoms. The van der Waals surface area contributed by atoms with Gasteiger partial charge in [-0.3, -0.25) is 0 Å². The molecule has 3 heteroatoms. The van der Waals surface area contributed by atoms with E-state index in [4.69, 9.17) is 0 Å². The molecule has 6 aromatic carbocycles. The Hall–Kier alpha value is -4.87. The third-order valence-corrected chi connectivity index (χ3v) is 8.36. The predicted octanol–water partition coefficient (Wildman–Crippen LogP) is 13.2. The summed E-state index contributed by atoms with van der Waals surface area (Å²) in [5, 5.41) is 0. The fourth-order valence-corrected chi connectivity index (χ4v) is 5.97. The maximum absolute atomic E-state index is 2.34.